The molecule has 0 aliphatic carbocycles. The van der Waals surface area contributed by atoms with Gasteiger partial charge in [-0.05, 0) is 97.5 Å². The predicted molar refractivity (Wildman–Crippen MR) is 219 cm³/mol. The third kappa shape index (κ3) is 4.70. The Bertz CT molecular complexity index is 2780. The molecule has 1 aromatic heterocycles. The molecule has 0 fully saturated rings. The maximum absolute atomic E-state index is 6.38. The Morgan fingerprint density at radius 2 is 1.14 bits per heavy atom. The van der Waals surface area contributed by atoms with Crippen LogP contribution in [0.15, 0.2) is 180 Å². The van der Waals surface area contributed by atoms with E-state index < -0.39 is 8.07 Å². The maximum atomic E-state index is 6.38. The number of fused-ring (bicyclic) bond motifs is 8. The van der Waals surface area contributed by atoms with E-state index in [0.717, 1.165) is 28.2 Å². The summed E-state index contributed by atoms with van der Waals surface area (Å²) < 4.78 is 6.38. The molecule has 242 valence electrons. The molecule has 0 saturated carbocycles. The highest BCUT2D eigenvalue weighted by atomic mass is 28.3. The molecular weight excluding hydrogens is 635 g/mol. The van der Waals surface area contributed by atoms with E-state index in [9.17, 15) is 0 Å². The molecule has 8 aromatic carbocycles. The first-order chi connectivity index (χ1) is 25.0. The lowest BCUT2D eigenvalue weighted by Crippen LogP contribution is -2.49. The van der Waals surface area contributed by atoms with Gasteiger partial charge in [0.25, 0.3) is 0 Å². The summed E-state index contributed by atoms with van der Waals surface area (Å²) in [5.41, 5.74) is 12.9. The number of para-hydroxylation sites is 2. The van der Waals surface area contributed by atoms with E-state index in [1.165, 1.54) is 65.3 Å². The van der Waals surface area contributed by atoms with Crippen molar-refractivity contribution in [2.75, 3.05) is 4.90 Å². The molecule has 2 heterocycles. The highest BCUT2D eigenvalue weighted by Crippen LogP contribution is 2.43. The summed E-state index contributed by atoms with van der Waals surface area (Å²) in [6.45, 7) is 5.01. The molecule has 0 unspecified atom stereocenters. The summed E-state index contributed by atoms with van der Waals surface area (Å²) in [5.74, 6) is 0. The second-order valence-corrected chi connectivity index (χ2v) is 18.4. The van der Waals surface area contributed by atoms with Crippen LogP contribution in [0.25, 0.3) is 66.1 Å². The van der Waals surface area contributed by atoms with Crippen LogP contribution >= 0.6 is 0 Å². The summed E-state index contributed by atoms with van der Waals surface area (Å²) in [6, 6.07) is 64.0. The van der Waals surface area contributed by atoms with Gasteiger partial charge in [-0.25, -0.2) is 0 Å². The summed E-state index contributed by atoms with van der Waals surface area (Å²) in [4.78, 5) is 2.45. The number of benzene rings is 8. The highest BCUT2D eigenvalue weighted by molar-refractivity contribution is 7.05. The van der Waals surface area contributed by atoms with Gasteiger partial charge < -0.3 is 9.32 Å². The second kappa shape index (κ2) is 11.4. The molecule has 0 atom stereocenters. The minimum atomic E-state index is -2.15. The van der Waals surface area contributed by atoms with Crippen LogP contribution in [0.1, 0.15) is 0 Å². The molecule has 10 rings (SSSR count). The summed E-state index contributed by atoms with van der Waals surface area (Å²) in [7, 11) is -2.15. The molecule has 0 bridgehead atoms. The molecular formula is C48H35NOSi. The zero-order chi connectivity index (χ0) is 34.1. The molecule has 0 radical (unpaired) electrons. The predicted octanol–water partition coefficient (Wildman–Crippen LogP) is 12.3. The molecule has 1 aliphatic rings. The van der Waals surface area contributed by atoms with Gasteiger partial charge in [-0.15, -0.1) is 0 Å². The SMILES string of the molecule is C[Si]1(C)c2cc(N(c3ccc(-c4ccc5ccccc5c4)cc3)c3ccccc3-c3ccccc3)ccc2-c2ccc3oc4ccccc4c3c21. The van der Waals surface area contributed by atoms with Gasteiger partial charge in [0.1, 0.15) is 19.2 Å². The first kappa shape index (κ1) is 29.7. The third-order valence-corrected chi connectivity index (χ3v) is 14.4. The van der Waals surface area contributed by atoms with Crippen molar-refractivity contribution in [1.29, 1.82) is 0 Å². The lowest BCUT2D eigenvalue weighted by molar-refractivity contribution is 0.669. The van der Waals surface area contributed by atoms with Crippen molar-refractivity contribution in [3.63, 3.8) is 0 Å². The Balaban J connectivity index is 1.14. The van der Waals surface area contributed by atoms with Gasteiger partial charge in [0.05, 0.1) is 5.69 Å². The molecule has 0 N–H and O–H groups in total. The van der Waals surface area contributed by atoms with Crippen LogP contribution in [0.2, 0.25) is 13.1 Å². The van der Waals surface area contributed by atoms with Crippen LogP contribution in [-0.4, -0.2) is 8.07 Å². The Morgan fingerprint density at radius 3 is 2.00 bits per heavy atom. The summed E-state index contributed by atoms with van der Waals surface area (Å²) >= 11 is 0. The van der Waals surface area contributed by atoms with Crippen molar-refractivity contribution in [3.8, 4) is 33.4 Å². The van der Waals surface area contributed by atoms with Crippen molar-refractivity contribution in [1.82, 2.24) is 0 Å². The average Bonchev–Trinajstić information content (AvgIpc) is 3.67. The molecule has 2 nitrogen and oxygen atoms in total. The second-order valence-electron chi connectivity index (χ2n) is 14.1. The fourth-order valence-corrected chi connectivity index (χ4v) is 11.8. The number of furan rings is 1. The Hall–Kier alpha value is -6.16. The first-order valence-electron chi connectivity index (χ1n) is 17.7. The van der Waals surface area contributed by atoms with E-state index in [1.54, 1.807) is 0 Å². The minimum absolute atomic E-state index is 0.957. The van der Waals surface area contributed by atoms with Crippen LogP contribution < -0.4 is 15.3 Å². The topological polar surface area (TPSA) is 16.4 Å². The van der Waals surface area contributed by atoms with E-state index in [4.69, 9.17) is 4.42 Å². The number of anilines is 3. The summed E-state index contributed by atoms with van der Waals surface area (Å²) in [6.07, 6.45) is 0. The van der Waals surface area contributed by atoms with Gasteiger partial charge >= 0.3 is 0 Å². The van der Waals surface area contributed by atoms with Crippen LogP contribution in [0.3, 0.4) is 0 Å². The highest BCUT2D eigenvalue weighted by Gasteiger charge is 2.40. The fraction of sp³-hybridized carbons (Fsp3) is 0.0417. The Kier molecular flexibility index (Phi) is 6.67. The average molecular weight is 670 g/mol. The van der Waals surface area contributed by atoms with Crippen molar-refractivity contribution >= 4 is 68.2 Å². The standard InChI is InChI=1S/C48H35NOSi/c1-51(2)46-31-38(26-27-40(46)41-28-29-45-47(48(41)51)42-17-9-11-19-44(42)50-45)49(43-18-10-8-16-39(43)34-13-4-3-5-14-34)37-24-22-33(23-25-37)36-21-20-32-12-6-7-15-35(32)30-36/h3-31H,1-2H3. The van der Waals surface area contributed by atoms with Gasteiger partial charge in [0.2, 0.25) is 0 Å². The van der Waals surface area contributed by atoms with E-state index in [0.29, 0.717) is 0 Å². The van der Waals surface area contributed by atoms with E-state index in [-0.39, 0.29) is 0 Å². The van der Waals surface area contributed by atoms with Gasteiger partial charge in [0, 0.05) is 27.7 Å². The quantitative estimate of drug-likeness (QED) is 0.170. The third-order valence-electron chi connectivity index (χ3n) is 10.8. The van der Waals surface area contributed by atoms with E-state index in [2.05, 4.69) is 194 Å². The zero-order valence-corrected chi connectivity index (χ0v) is 29.6. The van der Waals surface area contributed by atoms with Crippen molar-refractivity contribution < 1.29 is 4.42 Å². The number of hydrogen-bond acceptors (Lipinski definition) is 2. The van der Waals surface area contributed by atoms with Crippen LogP contribution in [0.5, 0.6) is 0 Å². The lowest BCUT2D eigenvalue weighted by Gasteiger charge is -2.29. The van der Waals surface area contributed by atoms with Crippen LogP contribution in [0.4, 0.5) is 17.1 Å². The van der Waals surface area contributed by atoms with Crippen molar-refractivity contribution in [2.24, 2.45) is 0 Å². The monoisotopic (exact) mass is 669 g/mol. The van der Waals surface area contributed by atoms with Gasteiger partial charge in [-0.2, -0.15) is 0 Å². The molecule has 0 amide bonds. The Labute approximate surface area is 298 Å². The van der Waals surface area contributed by atoms with E-state index in [1.807, 2.05) is 0 Å². The molecule has 3 heteroatoms. The number of rotatable bonds is 5. The normalized spacial score (nSPS) is 13.1. The van der Waals surface area contributed by atoms with Crippen molar-refractivity contribution in [2.45, 2.75) is 13.1 Å². The Morgan fingerprint density at radius 1 is 0.451 bits per heavy atom. The van der Waals surface area contributed by atoms with Crippen LogP contribution in [0, 0.1) is 0 Å². The fourth-order valence-electron chi connectivity index (χ4n) is 8.38. The van der Waals surface area contributed by atoms with Gasteiger partial charge in [0.15, 0.2) is 0 Å². The largest absolute Gasteiger partial charge is 0.456 e. The smallest absolute Gasteiger partial charge is 0.135 e. The summed E-state index contributed by atoms with van der Waals surface area (Å²) in [5, 5.41) is 7.95. The first-order valence-corrected chi connectivity index (χ1v) is 20.7. The molecule has 9 aromatic rings. The van der Waals surface area contributed by atoms with Crippen molar-refractivity contribution in [3.05, 3.63) is 176 Å². The molecule has 51 heavy (non-hydrogen) atoms. The molecule has 0 saturated heterocycles. The minimum Gasteiger partial charge on any atom is -0.456 e. The lowest BCUT2D eigenvalue weighted by atomic mass is 9.99. The number of hydrogen-bond donors (Lipinski definition) is 0. The number of nitrogens with zero attached hydrogens (tertiary/aromatic N) is 1. The molecule has 0 spiro atoms. The molecule has 1 aliphatic heterocycles. The van der Waals surface area contributed by atoms with Gasteiger partial charge in [-0.1, -0.05) is 140 Å². The van der Waals surface area contributed by atoms with Gasteiger partial charge in [-0.3, -0.25) is 0 Å². The van der Waals surface area contributed by atoms with Crippen LogP contribution in [-0.2, 0) is 0 Å². The zero-order valence-electron chi connectivity index (χ0n) is 28.6. The maximum Gasteiger partial charge on any atom is 0.135 e. The van der Waals surface area contributed by atoms with E-state index >= 15 is 0 Å².